The predicted molar refractivity (Wildman–Crippen MR) is 140 cm³/mol. The van der Waals surface area contributed by atoms with Gasteiger partial charge in [0.25, 0.3) is 0 Å². The van der Waals surface area contributed by atoms with Crippen LogP contribution in [0.2, 0.25) is 0 Å². The Morgan fingerprint density at radius 2 is 1.62 bits per heavy atom. The molecule has 0 aliphatic heterocycles. The highest BCUT2D eigenvalue weighted by atomic mass is 16.5. The largest absolute Gasteiger partial charge is 0.381 e. The summed E-state index contributed by atoms with van der Waals surface area (Å²) in [5.74, 6) is 4.37. The van der Waals surface area contributed by atoms with E-state index in [1.165, 1.54) is 64.3 Å². The van der Waals surface area contributed by atoms with Gasteiger partial charge in [-0.1, -0.05) is 20.8 Å². The first-order chi connectivity index (χ1) is 16.0. The van der Waals surface area contributed by atoms with Gasteiger partial charge in [0.1, 0.15) is 0 Å². The number of hydrogen-bond donors (Lipinski definition) is 0. The third-order valence-corrected chi connectivity index (χ3v) is 11.9. The molecule has 34 heavy (non-hydrogen) atoms. The lowest BCUT2D eigenvalue weighted by molar-refractivity contribution is -0.870. The second-order valence-corrected chi connectivity index (χ2v) is 14.3. The average Bonchev–Trinajstić information content (AvgIpc) is 3.14. The van der Waals surface area contributed by atoms with Gasteiger partial charge in [-0.15, -0.1) is 0 Å². The molecular weight excluding hydrogens is 422 g/mol. The summed E-state index contributed by atoms with van der Waals surface area (Å²) in [6.45, 7) is 9.07. The molecule has 4 nitrogen and oxygen atoms in total. The SMILES string of the molecule is CO[C@@H]1CC[C@@]2(C)[C@@H](C1)C[C@@H](OC)[C@@H]1[C@@H]2C[C@H](OC)[C@]2(C)[C@@H]([C@H](C)CCC[N+](C)(C)C)CC[C@@H]12. The van der Waals surface area contributed by atoms with E-state index in [0.717, 1.165) is 22.2 Å². The summed E-state index contributed by atoms with van der Waals surface area (Å²) in [6, 6.07) is 0. The highest BCUT2D eigenvalue weighted by Gasteiger charge is 2.66. The Hall–Kier alpha value is -0.160. The molecule has 0 aromatic rings. The Balaban J connectivity index is 1.59. The molecule has 4 aliphatic rings. The fraction of sp³-hybridized carbons (Fsp3) is 1.00. The molecule has 0 spiro atoms. The van der Waals surface area contributed by atoms with Crippen molar-refractivity contribution in [2.75, 3.05) is 49.0 Å². The molecule has 4 fully saturated rings. The van der Waals surface area contributed by atoms with Gasteiger partial charge in [-0.25, -0.2) is 0 Å². The van der Waals surface area contributed by atoms with Crippen LogP contribution in [0.5, 0.6) is 0 Å². The molecule has 0 N–H and O–H groups in total. The van der Waals surface area contributed by atoms with Crippen molar-refractivity contribution in [3.05, 3.63) is 0 Å². The Bertz CT molecular complexity index is 691. The molecule has 0 amide bonds. The molecule has 0 radical (unpaired) electrons. The minimum atomic E-state index is 0.273. The van der Waals surface area contributed by atoms with E-state index < -0.39 is 0 Å². The standard InChI is InChI=1S/C30H56NO3/c1-20(11-10-16-31(4,5)6)23-12-13-24-28-25(19-27(34-9)30(23,24)3)29(2)15-14-22(32-7)17-21(29)18-26(28)33-8/h20-28H,10-19H2,1-9H3/q+1/t20-,21+,22-,23-,24+,25+,26-,27+,28+,29+,30-/m1/s1. The van der Waals surface area contributed by atoms with Crippen molar-refractivity contribution >= 4 is 0 Å². The maximum atomic E-state index is 6.46. The van der Waals surface area contributed by atoms with Gasteiger partial charge in [-0.3, -0.25) is 0 Å². The van der Waals surface area contributed by atoms with Crippen molar-refractivity contribution in [1.82, 2.24) is 0 Å². The van der Waals surface area contributed by atoms with E-state index in [9.17, 15) is 0 Å². The topological polar surface area (TPSA) is 27.7 Å². The third kappa shape index (κ3) is 4.52. The third-order valence-electron chi connectivity index (χ3n) is 11.9. The Labute approximate surface area is 211 Å². The number of quaternary nitrogens is 1. The average molecular weight is 479 g/mol. The molecule has 4 rings (SSSR count). The lowest BCUT2D eigenvalue weighted by Gasteiger charge is -2.64. The maximum Gasteiger partial charge on any atom is 0.0780 e. The van der Waals surface area contributed by atoms with E-state index in [-0.39, 0.29) is 5.41 Å². The van der Waals surface area contributed by atoms with Gasteiger partial charge in [0, 0.05) is 26.7 Å². The van der Waals surface area contributed by atoms with Crippen LogP contribution in [-0.2, 0) is 14.2 Å². The molecule has 0 bridgehead atoms. The molecule has 4 aliphatic carbocycles. The number of nitrogens with zero attached hydrogens (tertiary/aromatic N) is 1. The van der Waals surface area contributed by atoms with Crippen LogP contribution in [0.15, 0.2) is 0 Å². The molecule has 11 atom stereocenters. The van der Waals surface area contributed by atoms with Crippen LogP contribution < -0.4 is 0 Å². The van der Waals surface area contributed by atoms with Gasteiger partial charge >= 0.3 is 0 Å². The summed E-state index contributed by atoms with van der Waals surface area (Å²) < 4.78 is 19.7. The molecule has 4 heteroatoms. The van der Waals surface area contributed by atoms with Crippen LogP contribution in [0.4, 0.5) is 0 Å². The number of fused-ring (bicyclic) bond motifs is 5. The fourth-order valence-corrected chi connectivity index (χ4v) is 9.97. The van der Waals surface area contributed by atoms with E-state index in [1.54, 1.807) is 0 Å². The summed E-state index contributed by atoms with van der Waals surface area (Å²) in [5.41, 5.74) is 0.677. The number of ether oxygens (including phenoxy) is 3. The number of methoxy groups -OCH3 is 3. The normalized spacial score (nSPS) is 47.6. The minimum Gasteiger partial charge on any atom is -0.381 e. The highest BCUT2D eigenvalue weighted by molar-refractivity contribution is 5.15. The fourth-order valence-electron chi connectivity index (χ4n) is 9.97. The van der Waals surface area contributed by atoms with Crippen molar-refractivity contribution in [2.45, 2.75) is 96.9 Å². The van der Waals surface area contributed by atoms with Crippen LogP contribution in [0, 0.1) is 46.3 Å². The van der Waals surface area contributed by atoms with E-state index >= 15 is 0 Å². The van der Waals surface area contributed by atoms with Gasteiger partial charge in [0.05, 0.1) is 46.0 Å². The quantitative estimate of drug-likeness (QED) is 0.399. The van der Waals surface area contributed by atoms with Gasteiger partial charge in [0.15, 0.2) is 0 Å². The van der Waals surface area contributed by atoms with Crippen molar-refractivity contribution in [3.8, 4) is 0 Å². The summed E-state index contributed by atoms with van der Waals surface area (Å²) in [6.07, 6.45) is 12.8. The molecule has 198 valence electrons. The molecule has 0 heterocycles. The Morgan fingerprint density at radius 1 is 0.882 bits per heavy atom. The van der Waals surface area contributed by atoms with Crippen LogP contribution in [-0.4, -0.2) is 71.8 Å². The van der Waals surface area contributed by atoms with Gasteiger partial charge in [-0.05, 0) is 98.7 Å². The Kier molecular flexibility index (Phi) is 7.87. The molecule has 4 saturated carbocycles. The summed E-state index contributed by atoms with van der Waals surface area (Å²) in [4.78, 5) is 0. The smallest absolute Gasteiger partial charge is 0.0780 e. The Morgan fingerprint density at radius 3 is 2.24 bits per heavy atom. The molecule has 0 aromatic carbocycles. The van der Waals surface area contributed by atoms with Gasteiger partial charge in [-0.2, -0.15) is 0 Å². The van der Waals surface area contributed by atoms with Crippen LogP contribution in [0.3, 0.4) is 0 Å². The molecule has 0 aromatic heterocycles. The van der Waals surface area contributed by atoms with Crippen molar-refractivity contribution in [1.29, 1.82) is 0 Å². The van der Waals surface area contributed by atoms with Crippen LogP contribution >= 0.6 is 0 Å². The van der Waals surface area contributed by atoms with Crippen LogP contribution in [0.1, 0.15) is 78.6 Å². The van der Waals surface area contributed by atoms with E-state index in [1.807, 2.05) is 21.3 Å². The summed E-state index contributed by atoms with van der Waals surface area (Å²) in [5, 5.41) is 0. The highest BCUT2D eigenvalue weighted by Crippen LogP contribution is 2.69. The van der Waals surface area contributed by atoms with E-state index in [0.29, 0.717) is 41.5 Å². The second kappa shape index (κ2) is 9.95. The predicted octanol–water partition coefficient (Wildman–Crippen LogP) is 6.03. The van der Waals surface area contributed by atoms with E-state index in [2.05, 4.69) is 41.9 Å². The monoisotopic (exact) mass is 478 g/mol. The zero-order chi connectivity index (χ0) is 24.9. The lowest BCUT2D eigenvalue weighted by atomic mass is 9.43. The van der Waals surface area contributed by atoms with Gasteiger partial charge < -0.3 is 18.7 Å². The van der Waals surface area contributed by atoms with Gasteiger partial charge in [0.2, 0.25) is 0 Å². The first-order valence-electron chi connectivity index (χ1n) is 14.4. The zero-order valence-electron chi connectivity index (χ0n) is 23.9. The van der Waals surface area contributed by atoms with Crippen molar-refractivity contribution in [3.63, 3.8) is 0 Å². The van der Waals surface area contributed by atoms with Crippen molar-refractivity contribution in [2.24, 2.45) is 46.3 Å². The number of rotatable bonds is 8. The minimum absolute atomic E-state index is 0.273. The second-order valence-electron chi connectivity index (χ2n) is 14.3. The summed E-state index contributed by atoms with van der Waals surface area (Å²) >= 11 is 0. The molecule has 0 unspecified atom stereocenters. The van der Waals surface area contributed by atoms with Crippen LogP contribution in [0.25, 0.3) is 0 Å². The zero-order valence-corrected chi connectivity index (χ0v) is 23.9. The number of hydrogen-bond acceptors (Lipinski definition) is 3. The lowest BCUT2D eigenvalue weighted by Crippen LogP contribution is -2.63. The molecule has 0 saturated heterocycles. The van der Waals surface area contributed by atoms with Crippen molar-refractivity contribution < 1.29 is 18.7 Å². The first kappa shape index (κ1) is 26.9. The maximum absolute atomic E-state index is 6.46. The first-order valence-corrected chi connectivity index (χ1v) is 14.4. The molecular formula is C30H56NO3+. The van der Waals surface area contributed by atoms with E-state index in [4.69, 9.17) is 14.2 Å². The summed E-state index contributed by atoms with van der Waals surface area (Å²) in [7, 11) is 12.9.